The number of esters is 1. The van der Waals surface area contributed by atoms with Crippen LogP contribution in [0, 0.1) is 6.92 Å². The summed E-state index contributed by atoms with van der Waals surface area (Å²) in [7, 11) is -2.65. The van der Waals surface area contributed by atoms with Crippen molar-refractivity contribution in [3.63, 3.8) is 0 Å². The van der Waals surface area contributed by atoms with Gasteiger partial charge in [-0.05, 0) is 61.0 Å². The van der Waals surface area contributed by atoms with E-state index in [2.05, 4.69) is 14.8 Å². The monoisotopic (exact) mass is 448 g/mol. The van der Waals surface area contributed by atoms with Gasteiger partial charge in [0.1, 0.15) is 0 Å². The van der Waals surface area contributed by atoms with Gasteiger partial charge in [0.2, 0.25) is 0 Å². The Bertz CT molecular complexity index is 1340. The minimum Gasteiger partial charge on any atom is -0.465 e. The number of aryl methyl sites for hydroxylation is 1. The van der Waals surface area contributed by atoms with Gasteiger partial charge in [0.05, 0.1) is 17.6 Å². The van der Waals surface area contributed by atoms with Crippen molar-refractivity contribution < 1.29 is 22.7 Å². The third kappa shape index (κ3) is 4.26. The summed E-state index contributed by atoms with van der Waals surface area (Å²) in [4.78, 5) is 24.0. The summed E-state index contributed by atoms with van der Waals surface area (Å²) >= 11 is 0. The molecule has 1 amide bonds. The Morgan fingerprint density at radius 1 is 1.00 bits per heavy atom. The Kier molecular flexibility index (Phi) is 5.54. The van der Waals surface area contributed by atoms with Crippen LogP contribution in [-0.4, -0.2) is 27.4 Å². The van der Waals surface area contributed by atoms with Crippen LogP contribution >= 0.6 is 0 Å². The quantitative estimate of drug-likeness (QED) is 0.452. The summed E-state index contributed by atoms with van der Waals surface area (Å²) in [6.07, 6.45) is 1.73. The fourth-order valence-corrected chi connectivity index (χ4v) is 4.40. The number of hydrogen-bond acceptors (Lipinski definition) is 5. The van der Waals surface area contributed by atoms with Crippen molar-refractivity contribution in [2.75, 3.05) is 17.1 Å². The highest BCUT2D eigenvalue weighted by molar-refractivity contribution is 7.92. The SMILES string of the molecule is COC(=O)c1ccc(NS(=O)(=O)c2ccc3c(c2)/C(=C/c2ccc(C)cc2)C(=O)N3)cc1. The maximum absolute atomic E-state index is 12.9. The highest BCUT2D eigenvalue weighted by Crippen LogP contribution is 2.35. The largest absolute Gasteiger partial charge is 0.465 e. The minimum atomic E-state index is -3.93. The fourth-order valence-electron chi connectivity index (χ4n) is 3.31. The van der Waals surface area contributed by atoms with Gasteiger partial charge in [-0.25, -0.2) is 13.2 Å². The van der Waals surface area contributed by atoms with Crippen LogP contribution in [0.3, 0.4) is 0 Å². The van der Waals surface area contributed by atoms with Crippen LogP contribution in [-0.2, 0) is 19.6 Å². The van der Waals surface area contributed by atoms with Gasteiger partial charge >= 0.3 is 5.97 Å². The Labute approximate surface area is 185 Å². The van der Waals surface area contributed by atoms with E-state index >= 15 is 0 Å². The second-order valence-electron chi connectivity index (χ2n) is 7.30. The van der Waals surface area contributed by atoms with E-state index < -0.39 is 16.0 Å². The van der Waals surface area contributed by atoms with E-state index in [9.17, 15) is 18.0 Å². The van der Waals surface area contributed by atoms with E-state index in [4.69, 9.17) is 0 Å². The number of carbonyl (C=O) groups excluding carboxylic acids is 2. The lowest BCUT2D eigenvalue weighted by Crippen LogP contribution is -2.13. The first-order valence-corrected chi connectivity index (χ1v) is 11.2. The normalized spacial score (nSPS) is 14.1. The molecular formula is C24H20N2O5S. The van der Waals surface area contributed by atoms with Gasteiger partial charge in [0.25, 0.3) is 15.9 Å². The van der Waals surface area contributed by atoms with Crippen LogP contribution in [0.25, 0.3) is 11.6 Å². The van der Waals surface area contributed by atoms with Crippen molar-refractivity contribution in [2.24, 2.45) is 0 Å². The van der Waals surface area contributed by atoms with Crippen molar-refractivity contribution in [1.29, 1.82) is 0 Å². The van der Waals surface area contributed by atoms with Gasteiger partial charge in [0, 0.05) is 22.5 Å². The van der Waals surface area contributed by atoms with Crippen LogP contribution in [0.4, 0.5) is 11.4 Å². The zero-order chi connectivity index (χ0) is 22.9. The Hall–Kier alpha value is -3.91. The summed E-state index contributed by atoms with van der Waals surface area (Å²) in [5, 5.41) is 2.76. The summed E-state index contributed by atoms with van der Waals surface area (Å²) in [6, 6.07) is 18.0. The van der Waals surface area contributed by atoms with Crippen molar-refractivity contribution >= 4 is 44.9 Å². The summed E-state index contributed by atoms with van der Waals surface area (Å²) in [5.74, 6) is -0.801. The highest BCUT2D eigenvalue weighted by atomic mass is 32.2. The van der Waals surface area contributed by atoms with E-state index in [1.165, 1.54) is 43.5 Å². The molecule has 0 fully saturated rings. The zero-order valence-electron chi connectivity index (χ0n) is 17.4. The van der Waals surface area contributed by atoms with Crippen LogP contribution < -0.4 is 10.0 Å². The second kappa shape index (κ2) is 8.32. The van der Waals surface area contributed by atoms with Crippen LogP contribution in [0.1, 0.15) is 27.0 Å². The summed E-state index contributed by atoms with van der Waals surface area (Å²) in [5.41, 5.74) is 4.00. The molecule has 3 aromatic rings. The zero-order valence-corrected chi connectivity index (χ0v) is 18.2. The van der Waals surface area contributed by atoms with Gasteiger partial charge in [-0.15, -0.1) is 0 Å². The second-order valence-corrected chi connectivity index (χ2v) is 8.99. The van der Waals surface area contributed by atoms with Crippen LogP contribution in [0.15, 0.2) is 71.6 Å². The lowest BCUT2D eigenvalue weighted by atomic mass is 10.0. The third-order valence-corrected chi connectivity index (χ3v) is 6.41. The molecule has 4 rings (SSSR count). The number of amides is 1. The Morgan fingerprint density at radius 2 is 1.69 bits per heavy atom. The molecule has 162 valence electrons. The number of sulfonamides is 1. The molecule has 0 aromatic heterocycles. The molecule has 2 N–H and O–H groups in total. The van der Waals surface area contributed by atoms with Crippen LogP contribution in [0.2, 0.25) is 0 Å². The Balaban J connectivity index is 1.64. The average Bonchev–Trinajstić information content (AvgIpc) is 3.09. The lowest BCUT2D eigenvalue weighted by Gasteiger charge is -2.10. The third-order valence-electron chi connectivity index (χ3n) is 5.03. The molecule has 32 heavy (non-hydrogen) atoms. The van der Waals surface area contributed by atoms with Gasteiger partial charge in [0.15, 0.2) is 0 Å². The highest BCUT2D eigenvalue weighted by Gasteiger charge is 2.26. The number of nitrogens with one attached hydrogen (secondary N) is 2. The van der Waals surface area contributed by atoms with Gasteiger partial charge in [-0.1, -0.05) is 29.8 Å². The molecule has 0 spiro atoms. The van der Waals surface area contributed by atoms with E-state index in [1.54, 1.807) is 12.1 Å². The molecule has 1 aliphatic heterocycles. The predicted molar refractivity (Wildman–Crippen MR) is 123 cm³/mol. The topological polar surface area (TPSA) is 102 Å². The number of benzene rings is 3. The first-order valence-electron chi connectivity index (χ1n) is 9.72. The van der Waals surface area contributed by atoms with E-state index in [0.29, 0.717) is 28.1 Å². The standard InChI is InChI=1S/C24H20N2O5S/c1-15-3-5-16(6-4-15)13-21-20-14-19(11-12-22(20)25-23(21)27)32(29,30)26-18-9-7-17(8-10-18)24(28)31-2/h3-14,26H,1-2H3,(H,25,27)/b21-13-. The first kappa shape index (κ1) is 21.3. The van der Waals surface area contributed by atoms with Gasteiger partial charge in [-0.3, -0.25) is 9.52 Å². The Morgan fingerprint density at radius 3 is 2.34 bits per heavy atom. The van der Waals surface area contributed by atoms with E-state index in [-0.39, 0.29) is 10.8 Å². The summed E-state index contributed by atoms with van der Waals surface area (Å²) in [6.45, 7) is 1.97. The number of rotatable bonds is 5. The predicted octanol–water partition coefficient (Wildman–Crippen LogP) is 4.08. The molecule has 1 heterocycles. The number of carbonyl (C=O) groups is 2. The molecule has 1 aliphatic rings. The molecule has 8 heteroatoms. The molecule has 0 unspecified atom stereocenters. The molecule has 0 atom stereocenters. The fraction of sp³-hybridized carbons (Fsp3) is 0.0833. The molecule has 0 radical (unpaired) electrons. The number of ether oxygens (including phenoxy) is 1. The minimum absolute atomic E-state index is 0.0135. The molecular weight excluding hydrogens is 428 g/mol. The molecule has 0 bridgehead atoms. The van der Waals surface area contributed by atoms with Crippen molar-refractivity contribution in [3.8, 4) is 0 Å². The van der Waals surface area contributed by atoms with Crippen LogP contribution in [0.5, 0.6) is 0 Å². The maximum Gasteiger partial charge on any atom is 0.337 e. The van der Waals surface area contributed by atoms with E-state index in [1.807, 2.05) is 31.2 Å². The number of anilines is 2. The number of hydrogen-bond donors (Lipinski definition) is 2. The van der Waals surface area contributed by atoms with Crippen molar-refractivity contribution in [2.45, 2.75) is 11.8 Å². The number of fused-ring (bicyclic) bond motifs is 1. The summed E-state index contributed by atoms with van der Waals surface area (Å²) < 4.78 is 33.0. The van der Waals surface area contributed by atoms with Gasteiger partial charge < -0.3 is 10.1 Å². The molecule has 0 saturated heterocycles. The molecule has 0 aliphatic carbocycles. The molecule has 0 saturated carbocycles. The lowest BCUT2D eigenvalue weighted by molar-refractivity contribution is -0.110. The maximum atomic E-state index is 12.9. The number of methoxy groups -OCH3 is 1. The van der Waals surface area contributed by atoms with E-state index in [0.717, 1.165) is 11.1 Å². The van der Waals surface area contributed by atoms with Crippen molar-refractivity contribution in [1.82, 2.24) is 0 Å². The molecule has 3 aromatic carbocycles. The molecule has 7 nitrogen and oxygen atoms in total. The van der Waals surface area contributed by atoms with Crippen molar-refractivity contribution in [3.05, 3.63) is 89.0 Å². The van der Waals surface area contributed by atoms with Gasteiger partial charge in [-0.2, -0.15) is 0 Å². The first-order chi connectivity index (χ1) is 15.3. The average molecular weight is 449 g/mol. The smallest absolute Gasteiger partial charge is 0.337 e.